The maximum Gasteiger partial charge on any atom is 0.0492 e. The molecule has 0 aromatic carbocycles. The number of nitrogens with zero attached hydrogens (tertiary/aromatic N) is 2. The lowest BCUT2D eigenvalue weighted by Gasteiger charge is -1.87. The van der Waals surface area contributed by atoms with E-state index in [9.17, 15) is 0 Å². The van der Waals surface area contributed by atoms with E-state index in [2.05, 4.69) is 11.8 Å². The molecule has 0 saturated heterocycles. The van der Waals surface area contributed by atoms with E-state index in [4.69, 9.17) is 0 Å². The van der Waals surface area contributed by atoms with E-state index in [1.165, 1.54) is 0 Å². The molecule has 8 heavy (non-hydrogen) atoms. The second-order valence-electron chi connectivity index (χ2n) is 1.17. The van der Waals surface area contributed by atoms with Crippen LogP contribution in [-0.2, 0) is 0 Å². The van der Waals surface area contributed by atoms with Crippen LogP contribution in [0.15, 0.2) is 18.5 Å². The average Bonchev–Trinajstić information content (AvgIpc) is 2.14. The molecule has 0 aliphatic carbocycles. The molecule has 1 unspecified atom stereocenters. The van der Waals surface area contributed by atoms with Crippen molar-refractivity contribution in [2.75, 3.05) is 6.66 Å². The van der Waals surface area contributed by atoms with Crippen molar-refractivity contribution < 1.29 is 0 Å². The van der Waals surface area contributed by atoms with Crippen LogP contribution in [-0.4, -0.2) is 16.2 Å². The Labute approximate surface area is 56.5 Å². The maximum atomic E-state index is 3.96. The van der Waals surface area contributed by atoms with Gasteiger partial charge in [-0.15, -0.1) is 12.4 Å². The van der Waals surface area contributed by atoms with E-state index in [1.807, 2.05) is 16.7 Å². The quantitative estimate of drug-likeness (QED) is 0.553. The van der Waals surface area contributed by atoms with E-state index in [-0.39, 0.29) is 12.4 Å². The SMILES string of the molecule is CPn1cccn1.Cl. The van der Waals surface area contributed by atoms with Crippen LogP contribution < -0.4 is 0 Å². The highest BCUT2D eigenvalue weighted by atomic mass is 35.5. The Morgan fingerprint density at radius 2 is 2.38 bits per heavy atom. The molecule has 0 saturated carbocycles. The zero-order valence-corrected chi connectivity index (χ0v) is 6.35. The molecule has 0 radical (unpaired) electrons. The van der Waals surface area contributed by atoms with Crippen LogP contribution >= 0.6 is 21.1 Å². The molecule has 46 valence electrons. The Bertz CT molecular complexity index is 129. The highest BCUT2D eigenvalue weighted by Gasteiger charge is 1.77. The monoisotopic (exact) mass is 150 g/mol. The van der Waals surface area contributed by atoms with Gasteiger partial charge in [0, 0.05) is 12.4 Å². The van der Waals surface area contributed by atoms with Gasteiger partial charge in [-0.25, -0.2) is 0 Å². The van der Waals surface area contributed by atoms with Crippen LogP contribution in [0, 0.1) is 0 Å². The lowest BCUT2D eigenvalue weighted by atomic mass is 10.8. The molecular formula is C4H8ClN2P. The Balaban J connectivity index is 0.000000490. The summed E-state index contributed by atoms with van der Waals surface area (Å²) in [4.78, 5) is 0. The van der Waals surface area contributed by atoms with Crippen LogP contribution in [0.1, 0.15) is 0 Å². The molecule has 4 heteroatoms. The van der Waals surface area contributed by atoms with Crippen LogP contribution in [0.3, 0.4) is 0 Å². The molecule has 0 fully saturated rings. The zero-order valence-electron chi connectivity index (χ0n) is 4.53. The molecule has 0 aliphatic heterocycles. The molecule has 2 nitrogen and oxygen atoms in total. The highest BCUT2D eigenvalue weighted by Crippen LogP contribution is 2.02. The Morgan fingerprint density at radius 1 is 1.62 bits per heavy atom. The summed E-state index contributed by atoms with van der Waals surface area (Å²) in [6.07, 6.45) is 3.74. The molecule has 1 aromatic rings. The van der Waals surface area contributed by atoms with Gasteiger partial charge in [0.15, 0.2) is 0 Å². The van der Waals surface area contributed by atoms with Crippen molar-refractivity contribution in [1.82, 2.24) is 9.55 Å². The van der Waals surface area contributed by atoms with Crippen molar-refractivity contribution in [2.24, 2.45) is 0 Å². The van der Waals surface area contributed by atoms with Crippen molar-refractivity contribution >= 4 is 21.1 Å². The summed E-state index contributed by atoms with van der Waals surface area (Å²) >= 11 is 0. The summed E-state index contributed by atoms with van der Waals surface area (Å²) in [5.41, 5.74) is 0. The van der Waals surface area contributed by atoms with Gasteiger partial charge in [-0.1, -0.05) is 0 Å². The standard InChI is InChI=1S/C4H7N2P.ClH/c1-7-6-4-2-3-5-6;/h2-4,7H,1H3;1H. The van der Waals surface area contributed by atoms with Gasteiger partial charge >= 0.3 is 0 Å². The second-order valence-corrected chi connectivity index (χ2v) is 2.08. The van der Waals surface area contributed by atoms with E-state index < -0.39 is 0 Å². The van der Waals surface area contributed by atoms with Gasteiger partial charge in [-0.3, -0.25) is 4.45 Å². The van der Waals surface area contributed by atoms with Gasteiger partial charge in [-0.05, 0) is 21.5 Å². The lowest BCUT2D eigenvalue weighted by molar-refractivity contribution is 1.00. The summed E-state index contributed by atoms with van der Waals surface area (Å²) in [6, 6.07) is 1.93. The average molecular weight is 151 g/mol. The molecule has 0 spiro atoms. The Morgan fingerprint density at radius 3 is 2.62 bits per heavy atom. The predicted octanol–water partition coefficient (Wildman–Crippen LogP) is 1.38. The Hall–Kier alpha value is -0.0700. The van der Waals surface area contributed by atoms with Crippen LogP contribution in [0.5, 0.6) is 0 Å². The summed E-state index contributed by atoms with van der Waals surface area (Å²) in [7, 11) is 0.760. The Kier molecular flexibility index (Phi) is 3.84. The fourth-order valence-electron chi connectivity index (χ4n) is 0.401. The fourth-order valence-corrected chi connectivity index (χ4v) is 0.818. The molecule has 1 atom stereocenters. The minimum absolute atomic E-state index is 0. The van der Waals surface area contributed by atoms with Gasteiger partial charge < -0.3 is 0 Å². The summed E-state index contributed by atoms with van der Waals surface area (Å²) in [6.45, 7) is 2.09. The summed E-state index contributed by atoms with van der Waals surface area (Å²) < 4.78 is 1.90. The first-order valence-corrected chi connectivity index (χ1v) is 3.55. The van der Waals surface area contributed by atoms with Gasteiger partial charge in [0.25, 0.3) is 0 Å². The summed E-state index contributed by atoms with van der Waals surface area (Å²) in [5.74, 6) is 0. The van der Waals surface area contributed by atoms with E-state index in [1.54, 1.807) is 6.20 Å². The minimum Gasteiger partial charge on any atom is -0.256 e. The van der Waals surface area contributed by atoms with Gasteiger partial charge in [-0.2, -0.15) is 5.10 Å². The molecule has 0 amide bonds. The van der Waals surface area contributed by atoms with Crippen molar-refractivity contribution in [2.45, 2.75) is 0 Å². The largest absolute Gasteiger partial charge is 0.256 e. The van der Waals surface area contributed by atoms with Crippen molar-refractivity contribution in [3.63, 3.8) is 0 Å². The molecule has 1 aromatic heterocycles. The first kappa shape index (κ1) is 7.93. The van der Waals surface area contributed by atoms with E-state index in [0.717, 1.165) is 8.73 Å². The van der Waals surface area contributed by atoms with Crippen LogP contribution in [0.25, 0.3) is 0 Å². The number of halogens is 1. The zero-order chi connectivity index (χ0) is 5.11. The second kappa shape index (κ2) is 3.88. The topological polar surface area (TPSA) is 17.8 Å². The third-order valence-electron chi connectivity index (χ3n) is 0.734. The van der Waals surface area contributed by atoms with E-state index in [0.29, 0.717) is 0 Å². The molecule has 1 rings (SSSR count). The van der Waals surface area contributed by atoms with Crippen molar-refractivity contribution in [3.05, 3.63) is 18.5 Å². The van der Waals surface area contributed by atoms with Gasteiger partial charge in [0.2, 0.25) is 0 Å². The number of hydrogen-bond acceptors (Lipinski definition) is 1. The molecule has 1 heterocycles. The normalized spacial score (nSPS) is 9.62. The molecular weight excluding hydrogens is 142 g/mol. The van der Waals surface area contributed by atoms with Gasteiger partial charge in [0.1, 0.15) is 0 Å². The smallest absolute Gasteiger partial charge is 0.0492 e. The molecule has 0 bridgehead atoms. The van der Waals surface area contributed by atoms with Crippen molar-refractivity contribution in [3.8, 4) is 0 Å². The minimum atomic E-state index is 0. The van der Waals surface area contributed by atoms with Crippen LogP contribution in [0.4, 0.5) is 0 Å². The number of hydrogen-bond donors (Lipinski definition) is 0. The maximum absolute atomic E-state index is 3.96. The lowest BCUT2D eigenvalue weighted by Crippen LogP contribution is -1.78. The fraction of sp³-hybridized carbons (Fsp3) is 0.250. The number of rotatable bonds is 1. The van der Waals surface area contributed by atoms with Crippen LogP contribution in [0.2, 0.25) is 0 Å². The van der Waals surface area contributed by atoms with E-state index >= 15 is 0 Å². The summed E-state index contributed by atoms with van der Waals surface area (Å²) in [5, 5.41) is 3.96. The van der Waals surface area contributed by atoms with Gasteiger partial charge in [0.05, 0.1) is 0 Å². The first-order valence-electron chi connectivity index (χ1n) is 2.11. The number of aromatic nitrogens is 2. The predicted molar refractivity (Wildman–Crippen MR) is 39.1 cm³/mol. The highest BCUT2D eigenvalue weighted by molar-refractivity contribution is 7.35. The molecule has 0 aliphatic rings. The third kappa shape index (κ3) is 1.81. The van der Waals surface area contributed by atoms with Crippen molar-refractivity contribution in [1.29, 1.82) is 0 Å². The molecule has 0 N–H and O–H groups in total. The first-order chi connectivity index (χ1) is 3.43. The third-order valence-corrected chi connectivity index (χ3v) is 1.46.